The summed E-state index contributed by atoms with van der Waals surface area (Å²) < 4.78 is 22.0. The minimum Gasteiger partial charge on any atom is -0.481 e. The average Bonchev–Trinajstić information content (AvgIpc) is 3.74. The van der Waals surface area contributed by atoms with E-state index in [1.54, 1.807) is 12.0 Å². The van der Waals surface area contributed by atoms with Crippen LogP contribution in [0.15, 0.2) is 12.1 Å². The summed E-state index contributed by atoms with van der Waals surface area (Å²) in [5.74, 6) is 0.321. The molecule has 2 heterocycles. The minimum atomic E-state index is -0.808. The molecule has 1 aliphatic heterocycles. The van der Waals surface area contributed by atoms with Gasteiger partial charge in [-0.3, -0.25) is 4.79 Å². The molecule has 1 aromatic heterocycles. The number of likely N-dealkylation sites (N-methyl/N-ethyl adjacent to an activating group) is 1. The molecule has 230 valence electrons. The van der Waals surface area contributed by atoms with E-state index in [9.17, 15) is 14.4 Å². The van der Waals surface area contributed by atoms with Gasteiger partial charge in [0.15, 0.2) is 6.10 Å². The van der Waals surface area contributed by atoms with Gasteiger partial charge in [0, 0.05) is 30.9 Å². The minimum absolute atomic E-state index is 0.0946. The van der Waals surface area contributed by atoms with E-state index in [2.05, 4.69) is 15.0 Å². The Kier molecular flexibility index (Phi) is 11.2. The Morgan fingerprint density at radius 3 is 2.46 bits per heavy atom. The van der Waals surface area contributed by atoms with Crippen molar-refractivity contribution < 1.29 is 33.3 Å². The molecule has 2 fully saturated rings. The smallest absolute Gasteiger partial charge is 0.410 e. The summed E-state index contributed by atoms with van der Waals surface area (Å²) in [5.41, 5.74) is 1.06. The average molecular weight is 578 g/mol. The zero-order chi connectivity index (χ0) is 30.3. The first-order chi connectivity index (χ1) is 19.3. The molecule has 1 aromatic rings. The number of amides is 3. The molecule has 0 radical (unpaired) electrons. The zero-order valence-electron chi connectivity index (χ0n) is 25.8. The molecular formula is C29H47N5O7. The summed E-state index contributed by atoms with van der Waals surface area (Å²) in [6.45, 7) is 8.98. The molecule has 0 aromatic carbocycles. The summed E-state index contributed by atoms with van der Waals surface area (Å²) in [5, 5.41) is 2.67. The number of hydrogen-bond acceptors (Lipinski definition) is 9. The van der Waals surface area contributed by atoms with E-state index in [-0.39, 0.29) is 30.6 Å². The number of aryl methyl sites for hydroxylation is 1. The first kappa shape index (κ1) is 32.4. The van der Waals surface area contributed by atoms with E-state index in [0.717, 1.165) is 24.1 Å². The lowest BCUT2D eigenvalue weighted by atomic mass is 10.0. The van der Waals surface area contributed by atoms with Gasteiger partial charge >= 0.3 is 12.2 Å². The lowest BCUT2D eigenvalue weighted by molar-refractivity contribution is -0.160. The van der Waals surface area contributed by atoms with Crippen molar-refractivity contribution >= 4 is 18.1 Å². The second-order valence-electron chi connectivity index (χ2n) is 12.0. The molecule has 3 rings (SSSR count). The summed E-state index contributed by atoms with van der Waals surface area (Å²) in [6, 6.07) is 3.66. The van der Waals surface area contributed by atoms with Crippen LogP contribution in [0.4, 0.5) is 9.59 Å². The number of pyridine rings is 1. The van der Waals surface area contributed by atoms with Crippen LogP contribution >= 0.6 is 0 Å². The standard InChI is InChI=1S/C29H47N5O7/c1-19(20-14-21(31-25(15-20)38-7)10-9-13-30-27(36)39-8)34(22-11-12-22)26(35)24-18-33(28(37)41-29(2,3)4)17-23(40-24)16-32(5)6/h14-15,19,22-24H,9-13,16-18H2,1-8H3,(H,30,36)/t19-,23-,24-/m1/s1. The molecule has 1 aliphatic carbocycles. The number of aromatic nitrogens is 1. The third kappa shape index (κ3) is 9.74. The predicted molar refractivity (Wildman–Crippen MR) is 153 cm³/mol. The highest BCUT2D eigenvalue weighted by Crippen LogP contribution is 2.36. The Balaban J connectivity index is 1.80. The number of hydrogen-bond donors (Lipinski definition) is 1. The fourth-order valence-electron chi connectivity index (χ4n) is 4.91. The second kappa shape index (κ2) is 14.2. The quantitative estimate of drug-likeness (QED) is 0.396. The summed E-state index contributed by atoms with van der Waals surface area (Å²) in [4.78, 5) is 48.5. The van der Waals surface area contributed by atoms with Gasteiger partial charge in [-0.2, -0.15) is 0 Å². The van der Waals surface area contributed by atoms with Gasteiger partial charge in [-0.25, -0.2) is 14.6 Å². The van der Waals surface area contributed by atoms with Gasteiger partial charge in [0.05, 0.1) is 39.5 Å². The highest BCUT2D eigenvalue weighted by molar-refractivity contribution is 5.83. The molecule has 0 spiro atoms. The molecule has 3 amide bonds. The van der Waals surface area contributed by atoms with Gasteiger partial charge in [0.25, 0.3) is 5.91 Å². The second-order valence-corrected chi connectivity index (χ2v) is 12.0. The fourth-order valence-corrected chi connectivity index (χ4v) is 4.91. The zero-order valence-corrected chi connectivity index (χ0v) is 25.8. The molecule has 12 heteroatoms. The van der Waals surface area contributed by atoms with E-state index in [1.807, 2.05) is 63.7 Å². The SMILES string of the molecule is COC(=O)NCCCc1cc([C@@H](C)N(C(=O)[C@H]2CN(C(=O)OC(C)(C)C)C[C@@H](CN(C)C)O2)C2CC2)cc(OC)n1. The number of carbonyl (C=O) groups excluding carboxylic acids is 3. The van der Waals surface area contributed by atoms with Crippen molar-refractivity contribution in [2.75, 3.05) is 54.5 Å². The fraction of sp³-hybridized carbons (Fsp3) is 0.724. The van der Waals surface area contributed by atoms with Crippen LogP contribution in [0.25, 0.3) is 0 Å². The molecule has 12 nitrogen and oxygen atoms in total. The number of nitrogens with zero attached hydrogens (tertiary/aromatic N) is 4. The van der Waals surface area contributed by atoms with Gasteiger partial charge in [0.1, 0.15) is 5.60 Å². The Labute approximate surface area is 243 Å². The van der Waals surface area contributed by atoms with Gasteiger partial charge in [-0.05, 0) is 79.1 Å². The summed E-state index contributed by atoms with van der Waals surface area (Å²) in [6.07, 6.45) is 1.04. The lowest BCUT2D eigenvalue weighted by Gasteiger charge is -2.41. The Morgan fingerprint density at radius 1 is 1.17 bits per heavy atom. The molecule has 1 saturated carbocycles. The van der Waals surface area contributed by atoms with E-state index in [1.165, 1.54) is 7.11 Å². The molecule has 3 atom stereocenters. The van der Waals surface area contributed by atoms with Crippen LogP contribution in [0.3, 0.4) is 0 Å². The topological polar surface area (TPSA) is 123 Å². The van der Waals surface area contributed by atoms with Crippen LogP contribution in [0, 0.1) is 0 Å². The van der Waals surface area contributed by atoms with E-state index in [4.69, 9.17) is 14.2 Å². The van der Waals surface area contributed by atoms with Gasteiger partial charge in [0.2, 0.25) is 5.88 Å². The largest absolute Gasteiger partial charge is 0.481 e. The lowest BCUT2D eigenvalue weighted by Crippen LogP contribution is -2.58. The molecular weight excluding hydrogens is 530 g/mol. The Bertz CT molecular complexity index is 1060. The monoisotopic (exact) mass is 577 g/mol. The highest BCUT2D eigenvalue weighted by atomic mass is 16.6. The van der Waals surface area contributed by atoms with Crippen molar-refractivity contribution in [2.45, 2.75) is 83.3 Å². The van der Waals surface area contributed by atoms with Gasteiger partial charge in [-0.15, -0.1) is 0 Å². The first-order valence-corrected chi connectivity index (χ1v) is 14.3. The number of ether oxygens (including phenoxy) is 4. The van der Waals surface area contributed by atoms with Crippen LogP contribution in [0.2, 0.25) is 0 Å². The number of alkyl carbamates (subject to hydrolysis) is 1. The molecule has 41 heavy (non-hydrogen) atoms. The van der Waals surface area contributed by atoms with Crippen molar-refractivity contribution in [3.05, 3.63) is 23.4 Å². The number of rotatable bonds is 11. The normalized spacial score (nSPS) is 19.9. The van der Waals surface area contributed by atoms with Crippen LogP contribution in [-0.4, -0.2) is 116 Å². The number of methoxy groups -OCH3 is 2. The van der Waals surface area contributed by atoms with E-state index in [0.29, 0.717) is 38.4 Å². The molecule has 0 unspecified atom stereocenters. The Hall–Kier alpha value is -3.12. The van der Waals surface area contributed by atoms with Crippen molar-refractivity contribution in [1.29, 1.82) is 0 Å². The summed E-state index contributed by atoms with van der Waals surface area (Å²) >= 11 is 0. The maximum absolute atomic E-state index is 14.1. The van der Waals surface area contributed by atoms with Crippen LogP contribution in [-0.2, 0) is 25.4 Å². The number of carbonyl (C=O) groups is 3. The van der Waals surface area contributed by atoms with Crippen LogP contribution in [0.1, 0.15) is 64.3 Å². The molecule has 1 saturated heterocycles. The van der Waals surface area contributed by atoms with Crippen molar-refractivity contribution in [3.63, 3.8) is 0 Å². The maximum Gasteiger partial charge on any atom is 0.410 e. The predicted octanol–water partition coefficient (Wildman–Crippen LogP) is 3.00. The third-order valence-electron chi connectivity index (χ3n) is 6.91. The summed E-state index contributed by atoms with van der Waals surface area (Å²) in [7, 11) is 6.76. The van der Waals surface area contributed by atoms with Crippen LogP contribution in [0.5, 0.6) is 5.88 Å². The number of morpholine rings is 1. The van der Waals surface area contributed by atoms with Gasteiger partial charge in [-0.1, -0.05) is 0 Å². The maximum atomic E-state index is 14.1. The first-order valence-electron chi connectivity index (χ1n) is 14.3. The van der Waals surface area contributed by atoms with E-state index >= 15 is 0 Å². The molecule has 2 aliphatic rings. The van der Waals surface area contributed by atoms with Crippen LogP contribution < -0.4 is 10.1 Å². The van der Waals surface area contributed by atoms with E-state index < -0.39 is 23.9 Å². The molecule has 0 bridgehead atoms. The Morgan fingerprint density at radius 2 is 1.88 bits per heavy atom. The van der Waals surface area contributed by atoms with Crippen molar-refractivity contribution in [2.24, 2.45) is 0 Å². The van der Waals surface area contributed by atoms with Gasteiger partial charge < -0.3 is 39.0 Å². The highest BCUT2D eigenvalue weighted by Gasteiger charge is 2.44. The number of nitrogens with one attached hydrogen (secondary N) is 1. The van der Waals surface area contributed by atoms with Crippen molar-refractivity contribution in [3.8, 4) is 5.88 Å². The third-order valence-corrected chi connectivity index (χ3v) is 6.91. The van der Waals surface area contributed by atoms with Crippen molar-refractivity contribution in [1.82, 2.24) is 25.0 Å². The molecule has 1 N–H and O–H groups in total.